The van der Waals surface area contributed by atoms with Crippen LogP contribution in [0.15, 0.2) is 48.5 Å². The largest absolute Gasteiger partial charge is 0.459 e. The highest BCUT2D eigenvalue weighted by Crippen LogP contribution is 2.23. The van der Waals surface area contributed by atoms with Crippen LogP contribution in [0.3, 0.4) is 0 Å². The fraction of sp³-hybridized carbons (Fsp3) is 0.263. The predicted octanol–water partition coefficient (Wildman–Crippen LogP) is 4.11. The highest BCUT2D eigenvalue weighted by Gasteiger charge is 2.41. The molecule has 0 spiro atoms. The zero-order valence-electron chi connectivity index (χ0n) is 13.9. The molecular formula is C19H15Cl2FO5. The van der Waals surface area contributed by atoms with Gasteiger partial charge in [-0.2, -0.15) is 0 Å². The summed E-state index contributed by atoms with van der Waals surface area (Å²) in [4.78, 5) is 24.2. The molecule has 1 aliphatic rings. The van der Waals surface area contributed by atoms with E-state index in [1.54, 1.807) is 12.1 Å². The van der Waals surface area contributed by atoms with E-state index >= 15 is 0 Å². The van der Waals surface area contributed by atoms with Gasteiger partial charge >= 0.3 is 11.9 Å². The second kappa shape index (κ2) is 8.69. The van der Waals surface area contributed by atoms with Crippen LogP contribution in [0.4, 0.5) is 4.39 Å². The molecule has 0 bridgehead atoms. The lowest BCUT2D eigenvalue weighted by atomic mass is 10.1. The molecule has 0 N–H and O–H groups in total. The minimum atomic E-state index is -1.51. The number of halogens is 3. The summed E-state index contributed by atoms with van der Waals surface area (Å²) < 4.78 is 29.7. The van der Waals surface area contributed by atoms with Crippen LogP contribution in [0.1, 0.15) is 20.7 Å². The van der Waals surface area contributed by atoms with E-state index < -0.39 is 30.3 Å². The zero-order chi connectivity index (χ0) is 19.4. The van der Waals surface area contributed by atoms with Crippen molar-refractivity contribution in [3.63, 3.8) is 0 Å². The standard InChI is InChI=1S/C19H15Cl2FO5/c20-13-5-1-11(2-6-13)18(23)26-10-16-17(15(22)9-25-16)27-19(24)12-3-7-14(21)8-4-12/h1-8,15-17H,9-10H2/t15-,16-,17+/m1/s1. The molecule has 142 valence electrons. The van der Waals surface area contributed by atoms with E-state index in [2.05, 4.69) is 0 Å². The molecule has 2 aromatic carbocycles. The Balaban J connectivity index is 1.59. The number of esters is 2. The summed E-state index contributed by atoms with van der Waals surface area (Å²) in [7, 11) is 0. The van der Waals surface area contributed by atoms with Gasteiger partial charge in [-0.15, -0.1) is 0 Å². The fourth-order valence-electron chi connectivity index (χ4n) is 2.54. The van der Waals surface area contributed by atoms with Crippen LogP contribution in [-0.4, -0.2) is 43.5 Å². The number of benzene rings is 2. The van der Waals surface area contributed by atoms with Gasteiger partial charge in [0.05, 0.1) is 17.7 Å². The van der Waals surface area contributed by atoms with Crippen LogP contribution < -0.4 is 0 Å². The molecule has 2 aromatic rings. The highest BCUT2D eigenvalue weighted by atomic mass is 35.5. The average Bonchev–Trinajstić information content (AvgIpc) is 3.00. The van der Waals surface area contributed by atoms with Crippen LogP contribution in [0, 0.1) is 0 Å². The Morgan fingerprint density at radius 3 is 2.04 bits per heavy atom. The lowest BCUT2D eigenvalue weighted by molar-refractivity contribution is -0.0326. The molecule has 0 saturated carbocycles. The molecule has 1 fully saturated rings. The molecule has 8 heteroatoms. The van der Waals surface area contributed by atoms with Gasteiger partial charge in [-0.25, -0.2) is 14.0 Å². The van der Waals surface area contributed by atoms with Gasteiger partial charge < -0.3 is 14.2 Å². The quantitative estimate of drug-likeness (QED) is 0.691. The molecule has 3 rings (SSSR count). The Hall–Kier alpha value is -2.15. The van der Waals surface area contributed by atoms with Gasteiger partial charge in [0.25, 0.3) is 0 Å². The van der Waals surface area contributed by atoms with Gasteiger partial charge in [-0.05, 0) is 48.5 Å². The van der Waals surface area contributed by atoms with Crippen molar-refractivity contribution in [3.8, 4) is 0 Å². The van der Waals surface area contributed by atoms with Crippen molar-refractivity contribution in [2.45, 2.75) is 18.4 Å². The van der Waals surface area contributed by atoms with E-state index in [4.69, 9.17) is 37.4 Å². The van der Waals surface area contributed by atoms with Crippen molar-refractivity contribution < 1.29 is 28.2 Å². The first-order valence-electron chi connectivity index (χ1n) is 8.09. The van der Waals surface area contributed by atoms with E-state index in [1.165, 1.54) is 36.4 Å². The summed E-state index contributed by atoms with van der Waals surface area (Å²) in [5, 5.41) is 0.950. The van der Waals surface area contributed by atoms with E-state index in [0.29, 0.717) is 15.6 Å². The number of hydrogen-bond donors (Lipinski definition) is 0. The van der Waals surface area contributed by atoms with Crippen LogP contribution in [0.5, 0.6) is 0 Å². The summed E-state index contributed by atoms with van der Waals surface area (Å²) in [6.07, 6.45) is -3.58. The van der Waals surface area contributed by atoms with E-state index in [0.717, 1.165) is 0 Å². The van der Waals surface area contributed by atoms with Crippen LogP contribution in [0.25, 0.3) is 0 Å². The molecule has 1 saturated heterocycles. The second-order valence-corrected chi connectivity index (χ2v) is 6.74. The second-order valence-electron chi connectivity index (χ2n) is 5.87. The lowest BCUT2D eigenvalue weighted by Gasteiger charge is -2.20. The number of carbonyl (C=O) groups is 2. The predicted molar refractivity (Wildman–Crippen MR) is 97.0 cm³/mol. The third-order valence-electron chi connectivity index (χ3n) is 3.97. The van der Waals surface area contributed by atoms with E-state index in [9.17, 15) is 14.0 Å². The third kappa shape index (κ3) is 4.97. The van der Waals surface area contributed by atoms with Crippen LogP contribution in [-0.2, 0) is 14.2 Å². The molecule has 5 nitrogen and oxygen atoms in total. The number of rotatable bonds is 5. The highest BCUT2D eigenvalue weighted by molar-refractivity contribution is 6.30. The monoisotopic (exact) mass is 412 g/mol. The molecule has 1 aliphatic heterocycles. The summed E-state index contributed by atoms with van der Waals surface area (Å²) >= 11 is 11.5. The fourth-order valence-corrected chi connectivity index (χ4v) is 2.79. The number of carbonyl (C=O) groups excluding carboxylic acids is 2. The van der Waals surface area contributed by atoms with E-state index in [-0.39, 0.29) is 18.8 Å². The number of alkyl halides is 1. The molecule has 27 heavy (non-hydrogen) atoms. The molecule has 0 aliphatic carbocycles. The van der Waals surface area contributed by atoms with Crippen molar-refractivity contribution in [2.24, 2.45) is 0 Å². The molecule has 0 aromatic heterocycles. The van der Waals surface area contributed by atoms with Gasteiger partial charge in [-0.1, -0.05) is 23.2 Å². The Morgan fingerprint density at radius 1 is 0.963 bits per heavy atom. The zero-order valence-corrected chi connectivity index (χ0v) is 15.5. The van der Waals surface area contributed by atoms with Crippen LogP contribution >= 0.6 is 23.2 Å². The third-order valence-corrected chi connectivity index (χ3v) is 4.48. The maximum absolute atomic E-state index is 14.1. The van der Waals surface area contributed by atoms with Crippen LogP contribution in [0.2, 0.25) is 10.0 Å². The first kappa shape index (κ1) is 19.6. The van der Waals surface area contributed by atoms with Crippen molar-refractivity contribution >= 4 is 35.1 Å². The van der Waals surface area contributed by atoms with Crippen molar-refractivity contribution in [1.29, 1.82) is 0 Å². The smallest absolute Gasteiger partial charge is 0.338 e. The van der Waals surface area contributed by atoms with Crippen molar-refractivity contribution in [1.82, 2.24) is 0 Å². The average molecular weight is 413 g/mol. The topological polar surface area (TPSA) is 61.8 Å². The Morgan fingerprint density at radius 2 is 1.48 bits per heavy atom. The first-order chi connectivity index (χ1) is 12.9. The maximum Gasteiger partial charge on any atom is 0.338 e. The SMILES string of the molecule is O=C(OC[C@H]1OC[C@@H](F)[C@@H]1OC(=O)c1ccc(Cl)cc1)c1ccc(Cl)cc1. The Labute approximate surface area is 164 Å². The molecule has 0 unspecified atom stereocenters. The molecular weight excluding hydrogens is 398 g/mol. The normalized spacial score (nSPS) is 21.7. The van der Waals surface area contributed by atoms with Crippen molar-refractivity contribution in [2.75, 3.05) is 13.2 Å². The number of hydrogen-bond acceptors (Lipinski definition) is 5. The van der Waals surface area contributed by atoms with Gasteiger partial charge in [0.1, 0.15) is 12.7 Å². The summed E-state index contributed by atoms with van der Waals surface area (Å²) in [5.41, 5.74) is 0.527. The lowest BCUT2D eigenvalue weighted by Crippen LogP contribution is -2.36. The van der Waals surface area contributed by atoms with Gasteiger partial charge in [0.2, 0.25) is 0 Å². The van der Waals surface area contributed by atoms with E-state index in [1.807, 2.05) is 0 Å². The summed E-state index contributed by atoms with van der Waals surface area (Å²) in [6, 6.07) is 12.1. The Kier molecular flexibility index (Phi) is 6.31. The molecule has 0 amide bonds. The minimum Gasteiger partial charge on any atom is -0.459 e. The summed E-state index contributed by atoms with van der Waals surface area (Å²) in [6.45, 7) is -0.498. The minimum absolute atomic E-state index is 0.232. The first-order valence-corrected chi connectivity index (χ1v) is 8.84. The number of ether oxygens (including phenoxy) is 3. The van der Waals surface area contributed by atoms with Gasteiger partial charge in [0.15, 0.2) is 12.3 Å². The maximum atomic E-state index is 14.1. The molecule has 3 atom stereocenters. The van der Waals surface area contributed by atoms with Gasteiger partial charge in [0, 0.05) is 10.0 Å². The molecule has 0 radical (unpaired) electrons. The van der Waals surface area contributed by atoms with Crippen molar-refractivity contribution in [3.05, 3.63) is 69.7 Å². The van der Waals surface area contributed by atoms with Gasteiger partial charge in [-0.3, -0.25) is 0 Å². The summed E-state index contributed by atoms with van der Waals surface area (Å²) in [5.74, 6) is -1.32. The molecule has 1 heterocycles. The Bertz CT molecular complexity index is 810.